The first kappa shape index (κ1) is 17.1. The summed E-state index contributed by atoms with van der Waals surface area (Å²) >= 11 is 0. The van der Waals surface area contributed by atoms with Crippen LogP contribution in [-0.2, 0) is 6.54 Å². The molecule has 0 aliphatic heterocycles. The Balaban J connectivity index is 2.22. The molecule has 1 heterocycles. The number of aromatic nitrogens is 2. The number of likely N-dealkylation sites (N-methyl/N-ethyl adjacent to an activating group) is 1. The van der Waals surface area contributed by atoms with E-state index >= 15 is 0 Å². The number of carbonyl (C=O) groups is 1. The van der Waals surface area contributed by atoms with Crippen LogP contribution in [0.1, 0.15) is 27.3 Å². The summed E-state index contributed by atoms with van der Waals surface area (Å²) < 4.78 is 13.4. The molecule has 1 aromatic carbocycles. The highest BCUT2D eigenvalue weighted by Gasteiger charge is 2.19. The summed E-state index contributed by atoms with van der Waals surface area (Å²) in [6, 6.07) is 4.47. The molecule has 0 bridgehead atoms. The Kier molecular flexibility index (Phi) is 5.50. The van der Waals surface area contributed by atoms with E-state index in [2.05, 4.69) is 9.97 Å². The largest absolute Gasteiger partial charge is 0.348 e. The molecular formula is C17H23FN4O. The number of aryl methyl sites for hydroxylation is 2. The minimum absolute atomic E-state index is 0.114. The minimum atomic E-state index is -0.301. The molecule has 0 spiro atoms. The second kappa shape index (κ2) is 7.37. The molecule has 23 heavy (non-hydrogen) atoms. The number of imidazole rings is 1. The van der Waals surface area contributed by atoms with Crippen molar-refractivity contribution in [2.75, 3.05) is 27.2 Å². The van der Waals surface area contributed by atoms with Gasteiger partial charge in [0.2, 0.25) is 0 Å². The fourth-order valence-corrected chi connectivity index (χ4v) is 2.26. The Hall–Kier alpha value is -2.21. The molecule has 0 fully saturated rings. The second-order valence-electron chi connectivity index (χ2n) is 5.97. The minimum Gasteiger partial charge on any atom is -0.348 e. The SMILES string of the molecule is Cc1cc(C(=O)N(CCN(C)C)Cc2nc[nH]c2C)ccc1F. The molecular weight excluding hydrogens is 295 g/mol. The summed E-state index contributed by atoms with van der Waals surface area (Å²) in [6.07, 6.45) is 1.63. The van der Waals surface area contributed by atoms with Crippen molar-refractivity contribution in [3.05, 3.63) is 52.9 Å². The van der Waals surface area contributed by atoms with Crippen LogP contribution in [0.5, 0.6) is 0 Å². The first-order valence-electron chi connectivity index (χ1n) is 7.57. The van der Waals surface area contributed by atoms with Crippen LogP contribution in [0, 0.1) is 19.7 Å². The molecule has 124 valence electrons. The third kappa shape index (κ3) is 4.39. The highest BCUT2D eigenvalue weighted by Crippen LogP contribution is 2.14. The molecule has 0 unspecified atom stereocenters. The lowest BCUT2D eigenvalue weighted by atomic mass is 10.1. The van der Waals surface area contributed by atoms with Gasteiger partial charge in [-0.15, -0.1) is 0 Å². The molecule has 0 aliphatic rings. The highest BCUT2D eigenvalue weighted by atomic mass is 19.1. The van der Waals surface area contributed by atoms with Gasteiger partial charge in [-0.3, -0.25) is 4.79 Å². The van der Waals surface area contributed by atoms with E-state index in [9.17, 15) is 9.18 Å². The average molecular weight is 318 g/mol. The van der Waals surface area contributed by atoms with Gasteiger partial charge in [0.15, 0.2) is 0 Å². The van der Waals surface area contributed by atoms with Gasteiger partial charge in [-0.2, -0.15) is 0 Å². The zero-order chi connectivity index (χ0) is 17.0. The van der Waals surface area contributed by atoms with Gasteiger partial charge in [-0.05, 0) is 51.7 Å². The van der Waals surface area contributed by atoms with Crippen molar-refractivity contribution < 1.29 is 9.18 Å². The average Bonchev–Trinajstić information content (AvgIpc) is 2.90. The number of nitrogens with zero attached hydrogens (tertiary/aromatic N) is 3. The molecule has 0 atom stereocenters. The predicted molar refractivity (Wildman–Crippen MR) is 87.8 cm³/mol. The molecule has 0 saturated heterocycles. The highest BCUT2D eigenvalue weighted by molar-refractivity contribution is 5.94. The van der Waals surface area contributed by atoms with E-state index in [0.717, 1.165) is 17.9 Å². The first-order chi connectivity index (χ1) is 10.9. The molecule has 2 rings (SSSR count). The molecule has 2 aromatic rings. The van der Waals surface area contributed by atoms with E-state index in [1.54, 1.807) is 24.2 Å². The van der Waals surface area contributed by atoms with Crippen LogP contribution in [0.4, 0.5) is 4.39 Å². The van der Waals surface area contributed by atoms with Crippen molar-refractivity contribution >= 4 is 5.91 Å². The summed E-state index contributed by atoms with van der Waals surface area (Å²) in [6.45, 7) is 5.34. The number of rotatable bonds is 6. The van der Waals surface area contributed by atoms with Crippen molar-refractivity contribution in [3.8, 4) is 0 Å². The molecule has 1 N–H and O–H groups in total. The van der Waals surface area contributed by atoms with Crippen molar-refractivity contribution in [2.45, 2.75) is 20.4 Å². The van der Waals surface area contributed by atoms with Gasteiger partial charge >= 0.3 is 0 Å². The standard InChI is InChI=1S/C17H23FN4O/c1-12-9-14(5-6-15(12)18)17(23)22(8-7-21(3)4)10-16-13(2)19-11-20-16/h5-6,9,11H,7-8,10H2,1-4H3,(H,19,20). The van der Waals surface area contributed by atoms with Gasteiger partial charge in [-0.1, -0.05) is 0 Å². The number of amides is 1. The van der Waals surface area contributed by atoms with Crippen molar-refractivity contribution in [2.24, 2.45) is 0 Å². The fraction of sp³-hybridized carbons (Fsp3) is 0.412. The zero-order valence-corrected chi connectivity index (χ0v) is 14.1. The lowest BCUT2D eigenvalue weighted by Gasteiger charge is -2.24. The third-order valence-electron chi connectivity index (χ3n) is 3.78. The van der Waals surface area contributed by atoms with Crippen LogP contribution in [0.15, 0.2) is 24.5 Å². The maximum atomic E-state index is 13.4. The van der Waals surface area contributed by atoms with Gasteiger partial charge in [0.05, 0.1) is 18.6 Å². The Labute approximate surface area is 136 Å². The maximum absolute atomic E-state index is 13.4. The Bertz CT molecular complexity index is 681. The van der Waals surface area contributed by atoms with E-state index in [-0.39, 0.29) is 11.7 Å². The predicted octanol–water partition coefficient (Wildman–Crippen LogP) is 2.37. The normalized spacial score (nSPS) is 11.0. The molecule has 5 nitrogen and oxygen atoms in total. The van der Waals surface area contributed by atoms with Crippen LogP contribution < -0.4 is 0 Å². The smallest absolute Gasteiger partial charge is 0.254 e. The quantitative estimate of drug-likeness (QED) is 0.889. The summed E-state index contributed by atoms with van der Waals surface area (Å²) in [4.78, 5) is 23.9. The lowest BCUT2D eigenvalue weighted by molar-refractivity contribution is 0.0729. The number of hydrogen-bond acceptors (Lipinski definition) is 3. The number of aromatic amines is 1. The fourth-order valence-electron chi connectivity index (χ4n) is 2.26. The topological polar surface area (TPSA) is 52.2 Å². The Morgan fingerprint density at radius 2 is 2.00 bits per heavy atom. The van der Waals surface area contributed by atoms with E-state index in [1.807, 2.05) is 25.9 Å². The van der Waals surface area contributed by atoms with E-state index < -0.39 is 0 Å². The van der Waals surface area contributed by atoms with Gasteiger partial charge in [0, 0.05) is 24.3 Å². The molecule has 0 aliphatic carbocycles. The molecule has 0 radical (unpaired) electrons. The maximum Gasteiger partial charge on any atom is 0.254 e. The summed E-state index contributed by atoms with van der Waals surface area (Å²) in [7, 11) is 3.93. The monoisotopic (exact) mass is 318 g/mol. The van der Waals surface area contributed by atoms with Gasteiger partial charge < -0.3 is 14.8 Å². The van der Waals surface area contributed by atoms with Gasteiger partial charge in [-0.25, -0.2) is 9.37 Å². The van der Waals surface area contributed by atoms with Gasteiger partial charge in [0.1, 0.15) is 5.82 Å². The van der Waals surface area contributed by atoms with Crippen molar-refractivity contribution in [1.82, 2.24) is 19.8 Å². The lowest BCUT2D eigenvalue weighted by Crippen LogP contribution is -2.36. The number of H-pyrrole nitrogens is 1. The van der Waals surface area contributed by atoms with Crippen molar-refractivity contribution in [3.63, 3.8) is 0 Å². The van der Waals surface area contributed by atoms with Crippen LogP contribution in [0.2, 0.25) is 0 Å². The number of benzene rings is 1. The van der Waals surface area contributed by atoms with Crippen LogP contribution in [-0.4, -0.2) is 52.9 Å². The number of nitrogens with one attached hydrogen (secondary N) is 1. The van der Waals surface area contributed by atoms with E-state index in [4.69, 9.17) is 0 Å². The second-order valence-corrected chi connectivity index (χ2v) is 5.97. The van der Waals surface area contributed by atoms with Crippen LogP contribution in [0.25, 0.3) is 0 Å². The van der Waals surface area contributed by atoms with Crippen molar-refractivity contribution in [1.29, 1.82) is 0 Å². The van der Waals surface area contributed by atoms with Gasteiger partial charge in [0.25, 0.3) is 5.91 Å². The zero-order valence-electron chi connectivity index (χ0n) is 14.1. The molecule has 0 saturated carbocycles. The first-order valence-corrected chi connectivity index (χ1v) is 7.57. The Morgan fingerprint density at radius 1 is 1.26 bits per heavy atom. The molecule has 1 aromatic heterocycles. The Morgan fingerprint density at radius 3 is 2.57 bits per heavy atom. The number of halogens is 1. The summed E-state index contributed by atoms with van der Waals surface area (Å²) in [5.41, 5.74) is 2.76. The number of hydrogen-bond donors (Lipinski definition) is 1. The van der Waals surface area contributed by atoms with Crippen LogP contribution >= 0.6 is 0 Å². The van der Waals surface area contributed by atoms with Crippen LogP contribution in [0.3, 0.4) is 0 Å². The summed E-state index contributed by atoms with van der Waals surface area (Å²) in [5, 5.41) is 0. The number of carbonyl (C=O) groups excluding carboxylic acids is 1. The van der Waals surface area contributed by atoms with E-state index in [0.29, 0.717) is 24.2 Å². The van der Waals surface area contributed by atoms with E-state index in [1.165, 1.54) is 12.1 Å². The summed E-state index contributed by atoms with van der Waals surface area (Å²) in [5.74, 6) is -0.415. The molecule has 6 heteroatoms. The third-order valence-corrected chi connectivity index (χ3v) is 3.78. The molecule has 1 amide bonds.